The molecule has 4 N–H and O–H groups in total. The second-order valence-corrected chi connectivity index (χ2v) is 8.85. The SMILES string of the molecule is CNc1cc(N2CC3(CCC3)C2)c(C(=O)NC2CCC(C)CC2)cc1N. The number of carbonyl (C=O) groups excluding carboxylic acids is 1. The summed E-state index contributed by atoms with van der Waals surface area (Å²) in [6, 6.07) is 4.21. The Labute approximate surface area is 156 Å². The highest BCUT2D eigenvalue weighted by molar-refractivity contribution is 6.02. The highest BCUT2D eigenvalue weighted by Gasteiger charge is 2.48. The molecule has 2 saturated carbocycles. The maximum Gasteiger partial charge on any atom is 0.253 e. The van der Waals surface area contributed by atoms with Crippen LogP contribution in [0.1, 0.15) is 62.2 Å². The van der Waals surface area contributed by atoms with Gasteiger partial charge in [0.15, 0.2) is 0 Å². The van der Waals surface area contributed by atoms with E-state index in [1.54, 1.807) is 0 Å². The third-order valence-corrected chi connectivity index (χ3v) is 6.84. The molecule has 0 unspecified atom stereocenters. The molecule has 142 valence electrons. The molecule has 1 aromatic rings. The second-order valence-electron chi connectivity index (χ2n) is 8.85. The lowest BCUT2D eigenvalue weighted by Crippen LogP contribution is -2.60. The first kappa shape index (κ1) is 17.5. The lowest BCUT2D eigenvalue weighted by Gasteiger charge is -2.57. The number of hydrogen-bond donors (Lipinski definition) is 3. The van der Waals surface area contributed by atoms with E-state index in [9.17, 15) is 4.79 Å². The maximum atomic E-state index is 13.0. The lowest BCUT2D eigenvalue weighted by molar-refractivity contribution is 0.0877. The Balaban J connectivity index is 1.53. The van der Waals surface area contributed by atoms with Crippen LogP contribution in [-0.2, 0) is 0 Å². The largest absolute Gasteiger partial charge is 0.397 e. The third-order valence-electron chi connectivity index (χ3n) is 6.84. The minimum absolute atomic E-state index is 0.0310. The van der Waals surface area contributed by atoms with E-state index in [0.29, 0.717) is 17.1 Å². The zero-order valence-corrected chi connectivity index (χ0v) is 16.1. The van der Waals surface area contributed by atoms with E-state index >= 15 is 0 Å². The van der Waals surface area contributed by atoms with E-state index < -0.39 is 0 Å². The number of amides is 1. The monoisotopic (exact) mass is 356 g/mol. The van der Waals surface area contributed by atoms with Crippen molar-refractivity contribution in [3.05, 3.63) is 17.7 Å². The van der Waals surface area contributed by atoms with E-state index in [2.05, 4.69) is 28.5 Å². The summed E-state index contributed by atoms with van der Waals surface area (Å²) in [7, 11) is 1.88. The molecule has 2 aliphatic carbocycles. The van der Waals surface area contributed by atoms with E-state index in [0.717, 1.165) is 48.8 Å². The quantitative estimate of drug-likeness (QED) is 0.721. The molecule has 5 heteroatoms. The molecule has 3 fully saturated rings. The van der Waals surface area contributed by atoms with Gasteiger partial charge in [-0.1, -0.05) is 13.3 Å². The molecule has 1 saturated heterocycles. The van der Waals surface area contributed by atoms with Gasteiger partial charge in [-0.3, -0.25) is 4.79 Å². The minimum atomic E-state index is 0.0310. The standard InChI is InChI=1S/C21H32N4O/c1-14-4-6-15(7-5-14)24-20(26)16-10-17(22)18(23-2)11-19(16)25-12-21(13-25)8-3-9-21/h10-11,14-15,23H,3-9,12-13,22H2,1-2H3,(H,24,26). The van der Waals surface area contributed by atoms with Crippen LogP contribution < -0.4 is 21.3 Å². The average Bonchev–Trinajstić information content (AvgIpc) is 2.55. The van der Waals surface area contributed by atoms with Crippen molar-refractivity contribution in [3.63, 3.8) is 0 Å². The molecule has 1 aliphatic heterocycles. The van der Waals surface area contributed by atoms with Crippen molar-refractivity contribution in [2.45, 2.75) is 57.9 Å². The number of nitrogens with one attached hydrogen (secondary N) is 2. The summed E-state index contributed by atoms with van der Waals surface area (Å²) in [6.07, 6.45) is 8.59. The Morgan fingerprint density at radius 3 is 2.46 bits per heavy atom. The summed E-state index contributed by atoms with van der Waals surface area (Å²) in [4.78, 5) is 15.4. The first-order chi connectivity index (χ1) is 12.5. The van der Waals surface area contributed by atoms with E-state index in [1.807, 2.05) is 13.1 Å². The van der Waals surface area contributed by atoms with Crippen LogP contribution >= 0.6 is 0 Å². The molecular formula is C21H32N4O. The fraction of sp³-hybridized carbons (Fsp3) is 0.667. The van der Waals surface area contributed by atoms with E-state index in [1.165, 1.54) is 32.1 Å². The predicted molar refractivity (Wildman–Crippen MR) is 108 cm³/mol. The number of nitrogens with two attached hydrogens (primary N) is 1. The smallest absolute Gasteiger partial charge is 0.253 e. The summed E-state index contributed by atoms with van der Waals surface area (Å²) < 4.78 is 0. The number of nitrogens with zero attached hydrogens (tertiary/aromatic N) is 1. The van der Waals surface area contributed by atoms with Crippen LogP contribution in [0.3, 0.4) is 0 Å². The van der Waals surface area contributed by atoms with Gasteiger partial charge < -0.3 is 21.3 Å². The molecule has 0 bridgehead atoms. The fourth-order valence-corrected chi connectivity index (χ4v) is 4.86. The van der Waals surface area contributed by atoms with E-state index in [-0.39, 0.29) is 5.91 Å². The fourth-order valence-electron chi connectivity index (χ4n) is 4.86. The minimum Gasteiger partial charge on any atom is -0.397 e. The highest BCUT2D eigenvalue weighted by atomic mass is 16.1. The van der Waals surface area contributed by atoms with Crippen molar-refractivity contribution in [1.29, 1.82) is 0 Å². The molecule has 0 atom stereocenters. The summed E-state index contributed by atoms with van der Waals surface area (Å²) >= 11 is 0. The molecular weight excluding hydrogens is 324 g/mol. The highest BCUT2D eigenvalue weighted by Crippen LogP contribution is 2.50. The van der Waals surface area contributed by atoms with Gasteiger partial charge >= 0.3 is 0 Å². The van der Waals surface area contributed by atoms with Crippen molar-refractivity contribution in [2.75, 3.05) is 36.1 Å². The summed E-state index contributed by atoms with van der Waals surface area (Å²) in [5.74, 6) is 0.812. The van der Waals surface area contributed by atoms with Gasteiger partial charge in [0.1, 0.15) is 0 Å². The van der Waals surface area contributed by atoms with Crippen LogP contribution in [0.4, 0.5) is 17.1 Å². The Morgan fingerprint density at radius 2 is 1.88 bits per heavy atom. The molecule has 1 spiro atoms. The Bertz CT molecular complexity index is 681. The lowest BCUT2D eigenvalue weighted by atomic mass is 9.63. The van der Waals surface area contributed by atoms with Crippen LogP contribution in [0.2, 0.25) is 0 Å². The van der Waals surface area contributed by atoms with Gasteiger partial charge in [0.2, 0.25) is 0 Å². The average molecular weight is 357 g/mol. The summed E-state index contributed by atoms with van der Waals surface area (Å²) in [6.45, 7) is 4.44. The van der Waals surface area contributed by atoms with Crippen molar-refractivity contribution >= 4 is 23.0 Å². The Kier molecular flexibility index (Phi) is 4.49. The molecule has 1 heterocycles. The van der Waals surface area contributed by atoms with Gasteiger partial charge in [0.25, 0.3) is 5.91 Å². The number of nitrogen functional groups attached to an aromatic ring is 1. The van der Waals surface area contributed by atoms with Crippen LogP contribution in [-0.4, -0.2) is 32.1 Å². The maximum absolute atomic E-state index is 13.0. The van der Waals surface area contributed by atoms with Crippen molar-refractivity contribution in [3.8, 4) is 0 Å². The Morgan fingerprint density at radius 1 is 1.19 bits per heavy atom. The van der Waals surface area contributed by atoms with E-state index in [4.69, 9.17) is 5.73 Å². The van der Waals surface area contributed by atoms with Crippen molar-refractivity contribution < 1.29 is 4.79 Å². The number of benzene rings is 1. The zero-order chi connectivity index (χ0) is 18.3. The second kappa shape index (κ2) is 6.67. The van der Waals surface area contributed by atoms with Gasteiger partial charge in [-0.05, 0) is 56.6 Å². The number of rotatable bonds is 4. The molecule has 26 heavy (non-hydrogen) atoms. The summed E-state index contributed by atoms with van der Waals surface area (Å²) in [5, 5.41) is 6.43. The van der Waals surface area contributed by atoms with Crippen LogP contribution in [0, 0.1) is 11.3 Å². The normalized spacial score (nSPS) is 26.8. The van der Waals surface area contributed by atoms with Crippen LogP contribution in [0.25, 0.3) is 0 Å². The van der Waals surface area contributed by atoms with Gasteiger partial charge in [0.05, 0.1) is 22.6 Å². The van der Waals surface area contributed by atoms with Gasteiger partial charge in [-0.2, -0.15) is 0 Å². The molecule has 3 aliphatic rings. The first-order valence-electron chi connectivity index (χ1n) is 10.2. The molecule has 5 nitrogen and oxygen atoms in total. The molecule has 0 aromatic heterocycles. The van der Waals surface area contributed by atoms with Crippen LogP contribution in [0.15, 0.2) is 12.1 Å². The molecule has 1 amide bonds. The Hall–Kier alpha value is -1.91. The predicted octanol–water partition coefficient (Wildman–Crippen LogP) is 3.61. The number of anilines is 3. The molecule has 1 aromatic carbocycles. The summed E-state index contributed by atoms with van der Waals surface area (Å²) in [5.41, 5.74) is 10.00. The first-order valence-corrected chi connectivity index (χ1v) is 10.2. The van der Waals surface area contributed by atoms with Gasteiger partial charge in [0, 0.05) is 31.6 Å². The third kappa shape index (κ3) is 3.12. The van der Waals surface area contributed by atoms with Crippen molar-refractivity contribution in [1.82, 2.24) is 5.32 Å². The van der Waals surface area contributed by atoms with Gasteiger partial charge in [-0.15, -0.1) is 0 Å². The number of carbonyl (C=O) groups is 1. The van der Waals surface area contributed by atoms with Crippen molar-refractivity contribution in [2.24, 2.45) is 11.3 Å². The topological polar surface area (TPSA) is 70.4 Å². The van der Waals surface area contributed by atoms with Gasteiger partial charge in [-0.25, -0.2) is 0 Å². The van der Waals surface area contributed by atoms with Crippen LogP contribution in [0.5, 0.6) is 0 Å². The zero-order valence-electron chi connectivity index (χ0n) is 16.1. The molecule has 4 rings (SSSR count). The number of hydrogen-bond acceptors (Lipinski definition) is 4. The molecule has 0 radical (unpaired) electrons.